The van der Waals surface area contributed by atoms with E-state index in [1.165, 1.54) is 18.2 Å². The van der Waals surface area contributed by atoms with Crippen molar-refractivity contribution in [2.75, 3.05) is 19.7 Å². The van der Waals surface area contributed by atoms with E-state index < -0.39 is 10.0 Å². The molecular formula is C23H25N3O4S. The molecular weight excluding hydrogens is 414 g/mol. The Labute approximate surface area is 182 Å². The SMILES string of the molecule is CCNS(=O)(=O)c1ccc(/C=C/C(=O)NCCCOc2cccc3cccnc23)cc1. The zero-order chi connectivity index (χ0) is 22.1. The number of para-hydroxylation sites is 1. The van der Waals surface area contributed by atoms with Gasteiger partial charge in [0.25, 0.3) is 0 Å². The van der Waals surface area contributed by atoms with Gasteiger partial charge in [0.2, 0.25) is 15.9 Å². The fourth-order valence-corrected chi connectivity index (χ4v) is 3.96. The summed E-state index contributed by atoms with van der Waals surface area (Å²) in [6, 6.07) is 16.0. The van der Waals surface area contributed by atoms with Crippen molar-refractivity contribution < 1.29 is 17.9 Å². The Kier molecular flexibility index (Phi) is 7.75. The predicted octanol–water partition coefficient (Wildman–Crippen LogP) is 3.13. The Balaban J connectivity index is 1.42. The Hall–Kier alpha value is -3.23. The van der Waals surface area contributed by atoms with Crippen LogP contribution in [-0.2, 0) is 14.8 Å². The van der Waals surface area contributed by atoms with E-state index in [0.717, 1.165) is 22.2 Å². The number of amides is 1. The number of hydrogen-bond acceptors (Lipinski definition) is 5. The molecule has 31 heavy (non-hydrogen) atoms. The summed E-state index contributed by atoms with van der Waals surface area (Å²) in [6.07, 6.45) is 5.44. The second kappa shape index (κ2) is 10.7. The van der Waals surface area contributed by atoms with Gasteiger partial charge in [-0.3, -0.25) is 9.78 Å². The normalized spacial score (nSPS) is 11.6. The lowest BCUT2D eigenvalue weighted by atomic mass is 10.2. The molecule has 0 aliphatic heterocycles. The van der Waals surface area contributed by atoms with Crippen molar-refractivity contribution in [3.05, 3.63) is 72.4 Å². The summed E-state index contributed by atoms with van der Waals surface area (Å²) in [5, 5.41) is 3.82. The van der Waals surface area contributed by atoms with Gasteiger partial charge in [0.1, 0.15) is 11.3 Å². The summed E-state index contributed by atoms with van der Waals surface area (Å²) in [4.78, 5) is 16.5. The van der Waals surface area contributed by atoms with Crippen LogP contribution in [0.25, 0.3) is 17.0 Å². The number of ether oxygens (including phenoxy) is 1. The van der Waals surface area contributed by atoms with Crippen molar-refractivity contribution >= 4 is 32.9 Å². The number of carbonyl (C=O) groups excluding carboxylic acids is 1. The minimum atomic E-state index is -3.48. The molecule has 8 heteroatoms. The van der Waals surface area contributed by atoms with Gasteiger partial charge in [0, 0.05) is 30.7 Å². The molecule has 2 N–H and O–H groups in total. The number of nitrogens with zero attached hydrogens (tertiary/aromatic N) is 1. The van der Waals surface area contributed by atoms with Crippen molar-refractivity contribution in [1.82, 2.24) is 15.0 Å². The first-order chi connectivity index (χ1) is 15.0. The van der Waals surface area contributed by atoms with Crippen LogP contribution in [0.15, 0.2) is 71.8 Å². The van der Waals surface area contributed by atoms with E-state index in [4.69, 9.17) is 4.74 Å². The summed E-state index contributed by atoms with van der Waals surface area (Å²) in [5.41, 5.74) is 1.55. The average Bonchev–Trinajstić information content (AvgIpc) is 2.78. The molecule has 0 saturated carbocycles. The van der Waals surface area contributed by atoms with Gasteiger partial charge in [0.15, 0.2) is 0 Å². The van der Waals surface area contributed by atoms with Crippen molar-refractivity contribution in [2.24, 2.45) is 0 Å². The number of hydrogen-bond donors (Lipinski definition) is 2. The lowest BCUT2D eigenvalue weighted by molar-refractivity contribution is -0.116. The first kappa shape index (κ1) is 22.5. The highest BCUT2D eigenvalue weighted by molar-refractivity contribution is 7.89. The number of nitrogens with one attached hydrogen (secondary N) is 2. The van der Waals surface area contributed by atoms with Gasteiger partial charge in [-0.2, -0.15) is 0 Å². The molecule has 162 valence electrons. The fraction of sp³-hybridized carbons (Fsp3) is 0.217. The van der Waals surface area contributed by atoms with Gasteiger partial charge in [-0.15, -0.1) is 0 Å². The highest BCUT2D eigenvalue weighted by Gasteiger charge is 2.11. The maximum atomic E-state index is 12.0. The number of fused-ring (bicyclic) bond motifs is 1. The summed E-state index contributed by atoms with van der Waals surface area (Å²) in [5.74, 6) is 0.500. The van der Waals surface area contributed by atoms with Crippen LogP contribution >= 0.6 is 0 Å². The molecule has 0 radical (unpaired) electrons. The molecule has 0 atom stereocenters. The van der Waals surface area contributed by atoms with E-state index in [-0.39, 0.29) is 10.8 Å². The molecule has 0 aliphatic carbocycles. The lowest BCUT2D eigenvalue weighted by Crippen LogP contribution is -2.23. The van der Waals surface area contributed by atoms with Crippen molar-refractivity contribution in [3.63, 3.8) is 0 Å². The summed E-state index contributed by atoms with van der Waals surface area (Å²) < 4.78 is 32.1. The van der Waals surface area contributed by atoms with Gasteiger partial charge in [-0.25, -0.2) is 13.1 Å². The molecule has 2 aromatic carbocycles. The molecule has 3 rings (SSSR count). The molecule has 0 unspecified atom stereocenters. The van der Waals surface area contributed by atoms with Crippen LogP contribution in [0.2, 0.25) is 0 Å². The number of sulfonamides is 1. The Morgan fingerprint density at radius 1 is 1.10 bits per heavy atom. The van der Waals surface area contributed by atoms with Crippen LogP contribution in [0, 0.1) is 0 Å². The van der Waals surface area contributed by atoms with Crippen LogP contribution in [0.3, 0.4) is 0 Å². The number of aromatic nitrogens is 1. The van der Waals surface area contributed by atoms with Crippen LogP contribution in [-0.4, -0.2) is 39.0 Å². The van der Waals surface area contributed by atoms with Crippen LogP contribution < -0.4 is 14.8 Å². The Morgan fingerprint density at radius 2 is 1.87 bits per heavy atom. The maximum Gasteiger partial charge on any atom is 0.244 e. The first-order valence-corrected chi connectivity index (χ1v) is 11.5. The zero-order valence-electron chi connectivity index (χ0n) is 17.2. The topological polar surface area (TPSA) is 97.4 Å². The molecule has 1 amide bonds. The van der Waals surface area contributed by atoms with E-state index in [9.17, 15) is 13.2 Å². The quantitative estimate of drug-likeness (QED) is 0.374. The monoisotopic (exact) mass is 439 g/mol. The predicted molar refractivity (Wildman–Crippen MR) is 121 cm³/mol. The third-order valence-electron chi connectivity index (χ3n) is 4.43. The second-order valence-electron chi connectivity index (χ2n) is 6.73. The lowest BCUT2D eigenvalue weighted by Gasteiger charge is -2.08. The third kappa shape index (κ3) is 6.37. The molecule has 0 fully saturated rings. The van der Waals surface area contributed by atoms with Gasteiger partial charge in [-0.1, -0.05) is 37.3 Å². The smallest absolute Gasteiger partial charge is 0.244 e. The number of benzene rings is 2. The molecule has 1 heterocycles. The average molecular weight is 440 g/mol. The Morgan fingerprint density at radius 3 is 2.65 bits per heavy atom. The van der Waals surface area contributed by atoms with Crippen LogP contribution in [0.1, 0.15) is 18.9 Å². The highest BCUT2D eigenvalue weighted by atomic mass is 32.2. The molecule has 1 aromatic heterocycles. The largest absolute Gasteiger partial charge is 0.491 e. The van der Waals surface area contributed by atoms with Crippen molar-refractivity contribution in [3.8, 4) is 5.75 Å². The standard InChI is InChI=1S/C23H25N3O4S/c1-2-26-31(28,29)20-12-9-18(10-13-20)11-14-22(27)24-16-5-17-30-21-8-3-6-19-7-4-15-25-23(19)21/h3-4,6-15,26H,2,5,16-17H2,1H3,(H,24,27)/b14-11+. The minimum absolute atomic E-state index is 0.192. The summed E-state index contributed by atoms with van der Waals surface area (Å²) in [6.45, 7) is 2.98. The number of pyridine rings is 1. The van der Waals surface area contributed by atoms with E-state index in [1.54, 1.807) is 31.3 Å². The van der Waals surface area contributed by atoms with Gasteiger partial charge >= 0.3 is 0 Å². The maximum absolute atomic E-state index is 12.0. The summed E-state index contributed by atoms with van der Waals surface area (Å²) >= 11 is 0. The molecule has 3 aromatic rings. The minimum Gasteiger partial charge on any atom is -0.491 e. The molecule has 7 nitrogen and oxygen atoms in total. The molecule has 0 bridgehead atoms. The van der Waals surface area contributed by atoms with Crippen LogP contribution in [0.4, 0.5) is 0 Å². The van der Waals surface area contributed by atoms with Crippen LogP contribution in [0.5, 0.6) is 5.75 Å². The van der Waals surface area contributed by atoms with E-state index in [2.05, 4.69) is 15.0 Å². The van der Waals surface area contributed by atoms with E-state index in [1.807, 2.05) is 30.3 Å². The Bertz CT molecular complexity index is 1150. The van der Waals surface area contributed by atoms with Gasteiger partial charge in [0.05, 0.1) is 11.5 Å². The first-order valence-electron chi connectivity index (χ1n) is 10.0. The fourth-order valence-electron chi connectivity index (χ4n) is 2.92. The molecule has 0 saturated heterocycles. The second-order valence-corrected chi connectivity index (χ2v) is 8.49. The third-order valence-corrected chi connectivity index (χ3v) is 5.99. The zero-order valence-corrected chi connectivity index (χ0v) is 18.1. The van der Waals surface area contributed by atoms with E-state index in [0.29, 0.717) is 26.1 Å². The van der Waals surface area contributed by atoms with E-state index >= 15 is 0 Å². The van der Waals surface area contributed by atoms with Gasteiger partial charge < -0.3 is 10.1 Å². The molecule has 0 spiro atoms. The summed E-state index contributed by atoms with van der Waals surface area (Å²) in [7, 11) is -3.48. The van der Waals surface area contributed by atoms with Crippen molar-refractivity contribution in [2.45, 2.75) is 18.2 Å². The van der Waals surface area contributed by atoms with Crippen molar-refractivity contribution in [1.29, 1.82) is 0 Å². The molecule has 0 aliphatic rings. The number of rotatable bonds is 10. The number of carbonyl (C=O) groups is 1. The van der Waals surface area contributed by atoms with Gasteiger partial charge in [-0.05, 0) is 42.3 Å². The highest BCUT2D eigenvalue weighted by Crippen LogP contribution is 2.22.